The van der Waals surface area contributed by atoms with Crippen molar-refractivity contribution in [2.45, 2.75) is 53.4 Å². The van der Waals surface area contributed by atoms with Crippen molar-refractivity contribution in [3.63, 3.8) is 0 Å². The van der Waals surface area contributed by atoms with Gasteiger partial charge in [0.1, 0.15) is 0 Å². The van der Waals surface area contributed by atoms with Gasteiger partial charge in [-0.05, 0) is 31.6 Å². The van der Waals surface area contributed by atoms with E-state index in [0.717, 1.165) is 25.8 Å². The number of carbonyl (C=O) groups is 2. The monoisotopic (exact) mass is 283 g/mol. The number of hydrogen-bond donors (Lipinski definition) is 1. The molecule has 1 N–H and O–H groups in total. The fourth-order valence-corrected chi connectivity index (χ4v) is 3.14. The first-order valence-electron chi connectivity index (χ1n) is 7.96. The van der Waals surface area contributed by atoms with Crippen molar-refractivity contribution in [2.24, 2.45) is 23.7 Å². The number of carbonyl (C=O) groups excluding carboxylic acids is 1. The fraction of sp³-hybridized carbons (Fsp3) is 0.875. The number of nitrogens with zero attached hydrogens (tertiary/aromatic N) is 1. The van der Waals surface area contributed by atoms with Crippen LogP contribution in [0.2, 0.25) is 0 Å². The van der Waals surface area contributed by atoms with Crippen molar-refractivity contribution in [3.8, 4) is 0 Å². The average Bonchev–Trinajstić information content (AvgIpc) is 2.88. The third kappa shape index (κ3) is 3.97. The highest BCUT2D eigenvalue weighted by Gasteiger charge is 2.43. The molecule has 0 saturated heterocycles. The Labute approximate surface area is 122 Å². The van der Waals surface area contributed by atoms with E-state index >= 15 is 0 Å². The van der Waals surface area contributed by atoms with Gasteiger partial charge in [-0.1, -0.05) is 33.6 Å². The van der Waals surface area contributed by atoms with Crippen LogP contribution in [0.25, 0.3) is 0 Å². The van der Waals surface area contributed by atoms with Crippen LogP contribution in [0.4, 0.5) is 0 Å². The summed E-state index contributed by atoms with van der Waals surface area (Å²) in [7, 11) is 0. The van der Waals surface area contributed by atoms with E-state index in [1.165, 1.54) is 0 Å². The van der Waals surface area contributed by atoms with Crippen LogP contribution in [0.3, 0.4) is 0 Å². The molecule has 1 aliphatic rings. The Morgan fingerprint density at radius 3 is 2.25 bits per heavy atom. The molecule has 0 bridgehead atoms. The summed E-state index contributed by atoms with van der Waals surface area (Å²) in [5.41, 5.74) is 0. The maximum atomic E-state index is 12.7. The van der Waals surface area contributed by atoms with Crippen LogP contribution < -0.4 is 0 Å². The molecule has 4 nitrogen and oxygen atoms in total. The number of carboxylic acid groups (broad SMARTS) is 1. The molecule has 20 heavy (non-hydrogen) atoms. The highest BCUT2D eigenvalue weighted by Crippen LogP contribution is 2.39. The van der Waals surface area contributed by atoms with Crippen LogP contribution in [0.1, 0.15) is 53.4 Å². The minimum absolute atomic E-state index is 0.0520. The van der Waals surface area contributed by atoms with Crippen LogP contribution >= 0.6 is 0 Å². The van der Waals surface area contributed by atoms with Crippen LogP contribution in [-0.2, 0) is 9.59 Å². The van der Waals surface area contributed by atoms with Crippen molar-refractivity contribution in [2.75, 3.05) is 13.1 Å². The van der Waals surface area contributed by atoms with Gasteiger partial charge in [0.25, 0.3) is 0 Å². The normalized spacial score (nSPS) is 27.3. The van der Waals surface area contributed by atoms with Gasteiger partial charge in [-0.2, -0.15) is 0 Å². The van der Waals surface area contributed by atoms with Gasteiger partial charge in [0, 0.05) is 13.1 Å². The van der Waals surface area contributed by atoms with Crippen LogP contribution in [0.15, 0.2) is 0 Å². The average molecular weight is 283 g/mol. The van der Waals surface area contributed by atoms with Crippen molar-refractivity contribution in [1.29, 1.82) is 0 Å². The SMILES string of the molecule is CCC(C)CN(CC)C(=O)[C@H]1CC(CC)C[C@H]1C(=O)O. The Morgan fingerprint density at radius 1 is 1.20 bits per heavy atom. The fourth-order valence-electron chi connectivity index (χ4n) is 3.14. The Kier molecular flexibility index (Phi) is 6.50. The second-order valence-corrected chi connectivity index (χ2v) is 6.19. The van der Waals surface area contributed by atoms with E-state index in [4.69, 9.17) is 0 Å². The summed E-state index contributed by atoms with van der Waals surface area (Å²) >= 11 is 0. The summed E-state index contributed by atoms with van der Waals surface area (Å²) in [6.45, 7) is 9.71. The molecule has 1 rings (SSSR count). The van der Waals surface area contributed by atoms with Crippen LogP contribution in [0, 0.1) is 23.7 Å². The van der Waals surface area contributed by atoms with E-state index in [1.807, 2.05) is 11.8 Å². The molecule has 2 unspecified atom stereocenters. The molecule has 0 aromatic carbocycles. The maximum Gasteiger partial charge on any atom is 0.307 e. The molecule has 1 aliphatic carbocycles. The first-order valence-corrected chi connectivity index (χ1v) is 7.96. The largest absolute Gasteiger partial charge is 0.481 e. The number of rotatable bonds is 7. The molecule has 0 heterocycles. The molecule has 1 fully saturated rings. The smallest absolute Gasteiger partial charge is 0.307 e. The van der Waals surface area contributed by atoms with E-state index in [2.05, 4.69) is 20.8 Å². The Hall–Kier alpha value is -1.06. The van der Waals surface area contributed by atoms with E-state index in [0.29, 0.717) is 24.8 Å². The van der Waals surface area contributed by atoms with Crippen LogP contribution in [-0.4, -0.2) is 35.0 Å². The zero-order valence-corrected chi connectivity index (χ0v) is 13.3. The second-order valence-electron chi connectivity index (χ2n) is 6.19. The second kappa shape index (κ2) is 7.65. The Balaban J connectivity index is 2.78. The molecule has 1 amide bonds. The predicted molar refractivity (Wildman–Crippen MR) is 79.3 cm³/mol. The molecule has 0 aromatic heterocycles. The van der Waals surface area contributed by atoms with Crippen molar-refractivity contribution < 1.29 is 14.7 Å². The summed E-state index contributed by atoms with van der Waals surface area (Å²) in [5.74, 6) is -0.715. The lowest BCUT2D eigenvalue weighted by molar-refractivity contribution is -0.149. The topological polar surface area (TPSA) is 57.6 Å². The van der Waals surface area contributed by atoms with Gasteiger partial charge in [0.15, 0.2) is 0 Å². The molecule has 0 aromatic rings. The summed E-state index contributed by atoms with van der Waals surface area (Å²) in [4.78, 5) is 25.9. The standard InChI is InChI=1S/C16H29NO3/c1-5-11(4)10-17(7-3)15(18)13-8-12(6-2)9-14(13)16(19)20/h11-14H,5-10H2,1-4H3,(H,19,20)/t11?,12?,13-,14+/m0/s1. The molecule has 4 heteroatoms. The number of carboxylic acids is 1. The number of hydrogen-bond acceptors (Lipinski definition) is 2. The van der Waals surface area contributed by atoms with Crippen LogP contribution in [0.5, 0.6) is 0 Å². The molecule has 0 aliphatic heterocycles. The van der Waals surface area contributed by atoms with E-state index in [-0.39, 0.29) is 11.8 Å². The van der Waals surface area contributed by atoms with Gasteiger partial charge in [-0.3, -0.25) is 9.59 Å². The molecule has 0 spiro atoms. The summed E-state index contributed by atoms with van der Waals surface area (Å²) in [6.07, 6.45) is 3.39. The van der Waals surface area contributed by atoms with Gasteiger partial charge >= 0.3 is 5.97 Å². The molecule has 4 atom stereocenters. The highest BCUT2D eigenvalue weighted by molar-refractivity contribution is 5.85. The van der Waals surface area contributed by atoms with Crippen molar-refractivity contribution in [1.82, 2.24) is 4.90 Å². The lowest BCUT2D eigenvalue weighted by Gasteiger charge is -2.28. The Bertz CT molecular complexity index is 343. The van der Waals surface area contributed by atoms with Gasteiger partial charge in [-0.15, -0.1) is 0 Å². The van der Waals surface area contributed by atoms with Crippen molar-refractivity contribution in [3.05, 3.63) is 0 Å². The zero-order chi connectivity index (χ0) is 15.3. The summed E-state index contributed by atoms with van der Waals surface area (Å²) < 4.78 is 0. The van der Waals surface area contributed by atoms with Gasteiger partial charge < -0.3 is 10.0 Å². The first-order chi connectivity index (χ1) is 9.44. The van der Waals surface area contributed by atoms with Gasteiger partial charge in [-0.25, -0.2) is 0 Å². The van der Waals surface area contributed by atoms with E-state index in [1.54, 1.807) is 0 Å². The minimum Gasteiger partial charge on any atom is -0.481 e. The lowest BCUT2D eigenvalue weighted by atomic mass is 9.94. The van der Waals surface area contributed by atoms with E-state index < -0.39 is 11.9 Å². The number of aliphatic carboxylic acids is 1. The van der Waals surface area contributed by atoms with Gasteiger partial charge in [0.2, 0.25) is 5.91 Å². The highest BCUT2D eigenvalue weighted by atomic mass is 16.4. The lowest BCUT2D eigenvalue weighted by Crippen LogP contribution is -2.41. The van der Waals surface area contributed by atoms with Gasteiger partial charge in [0.05, 0.1) is 11.8 Å². The summed E-state index contributed by atoms with van der Waals surface area (Å²) in [6, 6.07) is 0. The molecule has 1 saturated carbocycles. The molecule has 116 valence electrons. The van der Waals surface area contributed by atoms with Crippen molar-refractivity contribution >= 4 is 11.9 Å². The molecular formula is C16H29NO3. The number of amides is 1. The third-order valence-electron chi connectivity index (χ3n) is 4.79. The summed E-state index contributed by atoms with van der Waals surface area (Å²) in [5, 5.41) is 9.36. The maximum absolute atomic E-state index is 12.7. The molecule has 0 radical (unpaired) electrons. The third-order valence-corrected chi connectivity index (χ3v) is 4.79. The van der Waals surface area contributed by atoms with E-state index in [9.17, 15) is 14.7 Å². The predicted octanol–water partition coefficient (Wildman–Crippen LogP) is 3.02. The first kappa shape index (κ1) is 17.0. The zero-order valence-electron chi connectivity index (χ0n) is 13.3. The Morgan fingerprint density at radius 2 is 1.80 bits per heavy atom. The quantitative estimate of drug-likeness (QED) is 0.781. The molecular weight excluding hydrogens is 254 g/mol. The minimum atomic E-state index is -0.807.